The van der Waals surface area contributed by atoms with Crippen molar-refractivity contribution >= 4 is 5.91 Å². The molecule has 0 radical (unpaired) electrons. The van der Waals surface area contributed by atoms with E-state index in [2.05, 4.69) is 5.32 Å². The lowest BCUT2D eigenvalue weighted by Crippen LogP contribution is -2.41. The van der Waals surface area contributed by atoms with Gasteiger partial charge in [0.2, 0.25) is 5.91 Å². The van der Waals surface area contributed by atoms with Crippen molar-refractivity contribution in [2.75, 3.05) is 26.7 Å². The predicted octanol–water partition coefficient (Wildman–Crippen LogP) is 1.80. The molecule has 1 amide bonds. The molecule has 1 unspecified atom stereocenters. The molecule has 1 aromatic carbocycles. The Bertz CT molecular complexity index is 453. The average Bonchev–Trinajstić information content (AvgIpc) is 2.89. The van der Waals surface area contributed by atoms with Crippen LogP contribution in [0.2, 0.25) is 0 Å². The van der Waals surface area contributed by atoms with E-state index in [4.69, 9.17) is 4.74 Å². The molecule has 20 heavy (non-hydrogen) atoms. The van der Waals surface area contributed by atoms with Crippen molar-refractivity contribution in [3.05, 3.63) is 30.1 Å². The molecule has 0 spiro atoms. The second-order valence-electron chi connectivity index (χ2n) is 4.97. The molecule has 1 aromatic rings. The number of hydrogen-bond acceptors (Lipinski definition) is 3. The lowest BCUT2D eigenvalue weighted by Gasteiger charge is -2.24. The number of ether oxygens (including phenoxy) is 1. The fraction of sp³-hybridized carbons (Fsp3) is 0.533. The van der Waals surface area contributed by atoms with E-state index in [1.807, 2.05) is 11.9 Å². The lowest BCUT2D eigenvalue weighted by molar-refractivity contribution is -0.132. The number of carbonyl (C=O) groups excluding carboxylic acids is 1. The van der Waals surface area contributed by atoms with Crippen LogP contribution in [0, 0.1) is 5.82 Å². The fourth-order valence-corrected chi connectivity index (χ4v) is 2.57. The summed E-state index contributed by atoms with van der Waals surface area (Å²) >= 11 is 0. The second-order valence-corrected chi connectivity index (χ2v) is 4.97. The predicted molar refractivity (Wildman–Crippen MR) is 75.2 cm³/mol. The summed E-state index contributed by atoms with van der Waals surface area (Å²) in [6.45, 7) is 1.84. The summed E-state index contributed by atoms with van der Waals surface area (Å²) in [4.78, 5) is 14.0. The third-order valence-corrected chi connectivity index (χ3v) is 3.55. The standard InChI is InChI=1S/C15H21FN2O2/c1-17-11-12-5-4-9-18(12)15(19)8-10-20-14-7-3-2-6-13(14)16/h2-3,6-7,12,17H,4-5,8-11H2,1H3. The van der Waals surface area contributed by atoms with Gasteiger partial charge in [0.1, 0.15) is 0 Å². The first-order valence-electron chi connectivity index (χ1n) is 7.03. The van der Waals surface area contributed by atoms with E-state index >= 15 is 0 Å². The van der Waals surface area contributed by atoms with Crippen molar-refractivity contribution in [1.82, 2.24) is 10.2 Å². The van der Waals surface area contributed by atoms with Gasteiger partial charge in [-0.2, -0.15) is 0 Å². The van der Waals surface area contributed by atoms with Gasteiger partial charge in [-0.3, -0.25) is 4.79 Å². The quantitative estimate of drug-likeness (QED) is 0.864. The van der Waals surface area contributed by atoms with E-state index in [1.54, 1.807) is 18.2 Å². The second kappa shape index (κ2) is 7.24. The summed E-state index contributed by atoms with van der Waals surface area (Å²) in [5.74, 6) is -0.109. The minimum Gasteiger partial charge on any atom is -0.490 e. The molecule has 1 heterocycles. The summed E-state index contributed by atoms with van der Waals surface area (Å²) in [6, 6.07) is 6.52. The van der Waals surface area contributed by atoms with Crippen LogP contribution in [0.5, 0.6) is 5.75 Å². The molecule has 1 fully saturated rings. The van der Waals surface area contributed by atoms with E-state index in [0.29, 0.717) is 0 Å². The summed E-state index contributed by atoms with van der Waals surface area (Å²) in [7, 11) is 1.89. The Labute approximate surface area is 118 Å². The average molecular weight is 280 g/mol. The fourth-order valence-electron chi connectivity index (χ4n) is 2.57. The maximum atomic E-state index is 13.3. The van der Waals surface area contributed by atoms with Crippen LogP contribution in [0.25, 0.3) is 0 Å². The Morgan fingerprint density at radius 3 is 3.05 bits per heavy atom. The Kier molecular flexibility index (Phi) is 5.35. The lowest BCUT2D eigenvalue weighted by atomic mass is 10.2. The topological polar surface area (TPSA) is 41.6 Å². The molecule has 2 rings (SSSR count). The van der Waals surface area contributed by atoms with Crippen molar-refractivity contribution in [3.63, 3.8) is 0 Å². The number of para-hydroxylation sites is 1. The van der Waals surface area contributed by atoms with Crippen molar-refractivity contribution < 1.29 is 13.9 Å². The maximum absolute atomic E-state index is 13.3. The number of carbonyl (C=O) groups is 1. The summed E-state index contributed by atoms with van der Waals surface area (Å²) in [6.07, 6.45) is 2.38. The van der Waals surface area contributed by atoms with Crippen LogP contribution in [0.3, 0.4) is 0 Å². The van der Waals surface area contributed by atoms with Gasteiger partial charge in [0.05, 0.1) is 13.0 Å². The molecule has 0 bridgehead atoms. The number of rotatable bonds is 6. The van der Waals surface area contributed by atoms with E-state index in [0.717, 1.165) is 25.9 Å². The molecular weight excluding hydrogens is 259 g/mol. The Balaban J connectivity index is 1.79. The van der Waals surface area contributed by atoms with Crippen molar-refractivity contribution in [3.8, 4) is 5.75 Å². The Morgan fingerprint density at radius 2 is 2.30 bits per heavy atom. The number of amides is 1. The van der Waals surface area contributed by atoms with Gasteiger partial charge in [-0.1, -0.05) is 12.1 Å². The third-order valence-electron chi connectivity index (χ3n) is 3.55. The van der Waals surface area contributed by atoms with E-state index in [-0.39, 0.29) is 30.7 Å². The first-order valence-corrected chi connectivity index (χ1v) is 7.03. The molecule has 110 valence electrons. The number of likely N-dealkylation sites (N-methyl/N-ethyl adjacent to an activating group) is 1. The van der Waals surface area contributed by atoms with Gasteiger partial charge < -0.3 is 15.0 Å². The molecule has 4 nitrogen and oxygen atoms in total. The van der Waals surface area contributed by atoms with Gasteiger partial charge in [0.25, 0.3) is 0 Å². The van der Waals surface area contributed by atoms with Crippen LogP contribution < -0.4 is 10.1 Å². The summed E-state index contributed by atoms with van der Waals surface area (Å²) in [5, 5.41) is 3.11. The van der Waals surface area contributed by atoms with Gasteiger partial charge in [-0.25, -0.2) is 4.39 Å². The highest BCUT2D eigenvalue weighted by Gasteiger charge is 2.27. The number of hydrogen-bond donors (Lipinski definition) is 1. The van der Waals surface area contributed by atoms with Crippen LogP contribution in [0.4, 0.5) is 4.39 Å². The van der Waals surface area contributed by atoms with Crippen LogP contribution in [0.1, 0.15) is 19.3 Å². The van der Waals surface area contributed by atoms with Crippen molar-refractivity contribution in [2.24, 2.45) is 0 Å². The van der Waals surface area contributed by atoms with Gasteiger partial charge in [0.15, 0.2) is 11.6 Å². The van der Waals surface area contributed by atoms with Gasteiger partial charge in [0, 0.05) is 19.1 Å². The highest BCUT2D eigenvalue weighted by Crippen LogP contribution is 2.19. The summed E-state index contributed by atoms with van der Waals surface area (Å²) < 4.78 is 18.7. The SMILES string of the molecule is CNCC1CCCN1C(=O)CCOc1ccccc1F. The maximum Gasteiger partial charge on any atom is 0.226 e. The molecule has 1 aliphatic rings. The number of nitrogens with one attached hydrogen (secondary N) is 1. The minimum atomic E-state index is -0.394. The highest BCUT2D eigenvalue weighted by molar-refractivity contribution is 5.77. The Morgan fingerprint density at radius 1 is 1.50 bits per heavy atom. The number of halogens is 1. The molecule has 1 aliphatic heterocycles. The van der Waals surface area contributed by atoms with Gasteiger partial charge >= 0.3 is 0 Å². The number of likely N-dealkylation sites (tertiary alicyclic amines) is 1. The minimum absolute atomic E-state index is 0.0825. The molecule has 0 aromatic heterocycles. The van der Waals surface area contributed by atoms with E-state index in [9.17, 15) is 9.18 Å². The van der Waals surface area contributed by atoms with Crippen LogP contribution in [-0.2, 0) is 4.79 Å². The van der Waals surface area contributed by atoms with Crippen molar-refractivity contribution in [2.45, 2.75) is 25.3 Å². The van der Waals surface area contributed by atoms with E-state index < -0.39 is 5.82 Å². The van der Waals surface area contributed by atoms with Gasteiger partial charge in [-0.05, 0) is 32.0 Å². The zero-order chi connectivity index (χ0) is 14.4. The normalized spacial score (nSPS) is 18.3. The molecule has 1 saturated heterocycles. The zero-order valence-electron chi connectivity index (χ0n) is 11.8. The molecule has 1 atom stereocenters. The largest absolute Gasteiger partial charge is 0.490 e. The zero-order valence-corrected chi connectivity index (χ0v) is 11.8. The van der Waals surface area contributed by atoms with Gasteiger partial charge in [-0.15, -0.1) is 0 Å². The first-order chi connectivity index (χ1) is 9.72. The molecular formula is C15H21FN2O2. The van der Waals surface area contributed by atoms with Crippen LogP contribution in [0.15, 0.2) is 24.3 Å². The third kappa shape index (κ3) is 3.70. The molecule has 5 heteroatoms. The molecule has 1 N–H and O–H groups in total. The van der Waals surface area contributed by atoms with Crippen molar-refractivity contribution in [1.29, 1.82) is 0 Å². The van der Waals surface area contributed by atoms with E-state index in [1.165, 1.54) is 6.07 Å². The summed E-state index contributed by atoms with van der Waals surface area (Å²) in [5.41, 5.74) is 0. The smallest absolute Gasteiger partial charge is 0.226 e. The first kappa shape index (κ1) is 14.8. The number of benzene rings is 1. The van der Waals surface area contributed by atoms with Crippen LogP contribution >= 0.6 is 0 Å². The Hall–Kier alpha value is -1.62. The number of nitrogens with zero attached hydrogens (tertiary/aromatic N) is 1. The molecule has 0 saturated carbocycles. The van der Waals surface area contributed by atoms with Crippen LogP contribution in [-0.4, -0.2) is 43.6 Å². The monoisotopic (exact) mass is 280 g/mol. The highest BCUT2D eigenvalue weighted by atomic mass is 19.1. The molecule has 0 aliphatic carbocycles.